The average molecular weight is 341 g/mol. The number of halogens is 2. The smallest absolute Gasteiger partial charge is 0.328 e. The van der Waals surface area contributed by atoms with Crippen LogP contribution in [0.4, 0.5) is 4.39 Å². The van der Waals surface area contributed by atoms with Gasteiger partial charge in [-0.2, -0.15) is 0 Å². The number of nitrogens with two attached hydrogens (primary N) is 1. The van der Waals surface area contributed by atoms with Crippen LogP contribution in [-0.4, -0.2) is 24.2 Å². The zero-order valence-corrected chi connectivity index (χ0v) is 13.9. The predicted molar refractivity (Wildman–Crippen MR) is 86.4 cm³/mol. The first-order valence-electron chi connectivity index (χ1n) is 8.10. The number of rotatable bonds is 5. The first-order chi connectivity index (χ1) is 11.0. The predicted octanol–water partition coefficient (Wildman–Crippen LogP) is 2.63. The van der Waals surface area contributed by atoms with Gasteiger partial charge in [0.25, 0.3) is 0 Å². The molecule has 1 aromatic rings. The van der Waals surface area contributed by atoms with Gasteiger partial charge in [-0.25, -0.2) is 9.18 Å². The summed E-state index contributed by atoms with van der Waals surface area (Å²) in [4.78, 5) is 12.4. The zero-order valence-electron chi connectivity index (χ0n) is 13.1. The van der Waals surface area contributed by atoms with E-state index < -0.39 is 11.4 Å². The van der Waals surface area contributed by atoms with E-state index in [1.165, 1.54) is 6.07 Å². The maximum atomic E-state index is 13.2. The molecule has 0 radical (unpaired) electrons. The molecule has 4 atom stereocenters. The summed E-state index contributed by atoms with van der Waals surface area (Å²) in [6.07, 6.45) is 3.00. The second-order valence-electron chi connectivity index (χ2n) is 6.53. The highest BCUT2D eigenvalue weighted by molar-refractivity contribution is 6.30. The SMILES string of the molecule is CCOC(=O)[C@]1(N)[C@H]2CC[C@H](C2)[C@@H]1NCc1ccc(F)c(Cl)c1. The lowest BCUT2D eigenvalue weighted by molar-refractivity contribution is -0.153. The fraction of sp³-hybridized carbons (Fsp3) is 0.588. The Labute approximate surface area is 140 Å². The van der Waals surface area contributed by atoms with E-state index in [0.29, 0.717) is 19.1 Å². The first-order valence-corrected chi connectivity index (χ1v) is 8.48. The second kappa shape index (κ2) is 6.38. The van der Waals surface area contributed by atoms with Crippen molar-refractivity contribution in [3.8, 4) is 0 Å². The molecule has 2 aliphatic rings. The molecule has 23 heavy (non-hydrogen) atoms. The van der Waals surface area contributed by atoms with Crippen LogP contribution < -0.4 is 11.1 Å². The molecule has 6 heteroatoms. The highest BCUT2D eigenvalue weighted by atomic mass is 35.5. The van der Waals surface area contributed by atoms with Gasteiger partial charge >= 0.3 is 5.97 Å². The maximum absolute atomic E-state index is 13.2. The van der Waals surface area contributed by atoms with E-state index in [0.717, 1.165) is 24.8 Å². The first kappa shape index (κ1) is 16.7. The van der Waals surface area contributed by atoms with Gasteiger partial charge in [0.05, 0.1) is 11.6 Å². The molecule has 1 aromatic carbocycles. The number of esters is 1. The summed E-state index contributed by atoms with van der Waals surface area (Å²) in [5.74, 6) is -0.206. The van der Waals surface area contributed by atoms with Crippen LogP contribution >= 0.6 is 11.6 Å². The highest BCUT2D eigenvalue weighted by Gasteiger charge is 2.60. The van der Waals surface area contributed by atoms with Crippen molar-refractivity contribution in [2.24, 2.45) is 17.6 Å². The molecule has 3 rings (SSSR count). The van der Waals surface area contributed by atoms with Gasteiger partial charge in [-0.15, -0.1) is 0 Å². The lowest BCUT2D eigenvalue weighted by atomic mass is 9.77. The topological polar surface area (TPSA) is 64.3 Å². The summed E-state index contributed by atoms with van der Waals surface area (Å²) in [7, 11) is 0. The quantitative estimate of drug-likeness (QED) is 0.809. The van der Waals surface area contributed by atoms with E-state index >= 15 is 0 Å². The van der Waals surface area contributed by atoms with E-state index in [1.807, 2.05) is 0 Å². The molecule has 0 spiro atoms. The van der Waals surface area contributed by atoms with Crippen molar-refractivity contribution in [2.75, 3.05) is 6.61 Å². The molecule has 0 saturated heterocycles. The van der Waals surface area contributed by atoms with Crippen molar-refractivity contribution in [3.63, 3.8) is 0 Å². The van der Waals surface area contributed by atoms with Gasteiger partial charge in [0.2, 0.25) is 0 Å². The highest BCUT2D eigenvalue weighted by Crippen LogP contribution is 2.50. The van der Waals surface area contributed by atoms with Crippen LogP contribution in [0.5, 0.6) is 0 Å². The Kier molecular flexibility index (Phi) is 4.63. The lowest BCUT2D eigenvalue weighted by Crippen LogP contribution is -2.65. The molecular formula is C17H22ClFN2O2. The van der Waals surface area contributed by atoms with Crippen molar-refractivity contribution in [1.29, 1.82) is 0 Å². The summed E-state index contributed by atoms with van der Waals surface area (Å²) in [5, 5.41) is 3.50. The van der Waals surface area contributed by atoms with Crippen molar-refractivity contribution < 1.29 is 13.9 Å². The third-order valence-electron chi connectivity index (χ3n) is 5.27. The maximum Gasteiger partial charge on any atom is 0.328 e. The molecule has 4 nitrogen and oxygen atoms in total. The Bertz CT molecular complexity index is 612. The zero-order chi connectivity index (χ0) is 16.6. The average Bonchev–Trinajstić information content (AvgIpc) is 3.10. The number of fused-ring (bicyclic) bond motifs is 2. The van der Waals surface area contributed by atoms with Gasteiger partial charge in [-0.3, -0.25) is 0 Å². The van der Waals surface area contributed by atoms with Crippen molar-refractivity contribution in [3.05, 3.63) is 34.6 Å². The number of hydrogen-bond acceptors (Lipinski definition) is 4. The molecule has 0 aliphatic heterocycles. The third kappa shape index (κ3) is 2.86. The summed E-state index contributed by atoms with van der Waals surface area (Å²) < 4.78 is 18.5. The summed E-state index contributed by atoms with van der Waals surface area (Å²) in [6, 6.07) is 4.51. The molecule has 2 fully saturated rings. The van der Waals surface area contributed by atoms with Gasteiger partial charge in [0, 0.05) is 12.6 Å². The van der Waals surface area contributed by atoms with Crippen LogP contribution in [0.15, 0.2) is 18.2 Å². The van der Waals surface area contributed by atoms with Crippen LogP contribution in [0, 0.1) is 17.7 Å². The number of benzene rings is 1. The lowest BCUT2D eigenvalue weighted by Gasteiger charge is -2.39. The summed E-state index contributed by atoms with van der Waals surface area (Å²) >= 11 is 5.82. The van der Waals surface area contributed by atoms with Gasteiger partial charge in [-0.05, 0) is 55.7 Å². The van der Waals surface area contributed by atoms with Crippen molar-refractivity contribution in [2.45, 2.75) is 44.3 Å². The standard InChI is InChI=1S/C17H22ClFN2O2/c1-2-23-16(22)17(20)12-5-4-11(8-12)15(17)21-9-10-3-6-14(19)13(18)7-10/h3,6-7,11-12,15,21H,2,4-5,8-9,20H2,1H3/t11-,12+,15+,17+/m1/s1. The minimum Gasteiger partial charge on any atom is -0.465 e. The number of carbonyl (C=O) groups excluding carboxylic acids is 1. The Hall–Kier alpha value is -1.17. The van der Waals surface area contributed by atoms with E-state index in [9.17, 15) is 9.18 Å². The van der Waals surface area contributed by atoms with E-state index in [-0.39, 0.29) is 23.0 Å². The van der Waals surface area contributed by atoms with Gasteiger partial charge in [0.1, 0.15) is 11.4 Å². The largest absolute Gasteiger partial charge is 0.465 e. The summed E-state index contributed by atoms with van der Waals surface area (Å²) in [6.45, 7) is 2.61. The molecule has 0 amide bonds. The molecule has 0 heterocycles. The van der Waals surface area contributed by atoms with E-state index in [2.05, 4.69) is 5.32 Å². The fourth-order valence-electron chi connectivity index (χ4n) is 4.16. The molecule has 0 aromatic heterocycles. The number of nitrogens with one attached hydrogen (secondary N) is 1. The summed E-state index contributed by atoms with van der Waals surface area (Å²) in [5.41, 5.74) is 6.41. The Morgan fingerprint density at radius 3 is 3.00 bits per heavy atom. The van der Waals surface area contributed by atoms with Crippen LogP contribution in [0.25, 0.3) is 0 Å². The third-order valence-corrected chi connectivity index (χ3v) is 5.56. The molecule has 2 saturated carbocycles. The molecule has 2 bridgehead atoms. The second-order valence-corrected chi connectivity index (χ2v) is 6.94. The monoisotopic (exact) mass is 340 g/mol. The van der Waals surface area contributed by atoms with Crippen molar-refractivity contribution in [1.82, 2.24) is 5.32 Å². The Morgan fingerprint density at radius 2 is 2.30 bits per heavy atom. The Morgan fingerprint density at radius 1 is 1.52 bits per heavy atom. The molecule has 2 aliphatic carbocycles. The van der Waals surface area contributed by atoms with E-state index in [1.54, 1.807) is 19.1 Å². The molecule has 126 valence electrons. The Balaban J connectivity index is 1.74. The van der Waals surface area contributed by atoms with Gasteiger partial charge in [-0.1, -0.05) is 17.7 Å². The van der Waals surface area contributed by atoms with E-state index in [4.69, 9.17) is 22.1 Å². The number of carbonyl (C=O) groups is 1. The number of hydrogen-bond donors (Lipinski definition) is 2. The van der Waals surface area contributed by atoms with Gasteiger partial charge in [0.15, 0.2) is 0 Å². The van der Waals surface area contributed by atoms with Crippen LogP contribution in [0.3, 0.4) is 0 Å². The van der Waals surface area contributed by atoms with Crippen LogP contribution in [0.2, 0.25) is 5.02 Å². The fourth-order valence-corrected chi connectivity index (χ4v) is 4.36. The normalized spacial score (nSPS) is 32.3. The molecule has 0 unspecified atom stereocenters. The number of ether oxygens (including phenoxy) is 1. The minimum absolute atomic E-state index is 0.0987. The minimum atomic E-state index is -0.969. The molecular weight excluding hydrogens is 319 g/mol. The van der Waals surface area contributed by atoms with Crippen LogP contribution in [-0.2, 0) is 16.1 Å². The van der Waals surface area contributed by atoms with Crippen LogP contribution in [0.1, 0.15) is 31.7 Å². The van der Waals surface area contributed by atoms with Crippen molar-refractivity contribution >= 4 is 17.6 Å². The molecule has 3 N–H and O–H groups in total. The van der Waals surface area contributed by atoms with Gasteiger partial charge < -0.3 is 15.8 Å².